The van der Waals surface area contributed by atoms with Gasteiger partial charge in [0, 0.05) is 65.7 Å². The van der Waals surface area contributed by atoms with E-state index in [-0.39, 0.29) is 17.2 Å². The molecule has 206 valence electrons. The minimum Gasteiger partial charge on any atom is -0.497 e. The van der Waals surface area contributed by atoms with Crippen molar-refractivity contribution in [3.8, 4) is 16.9 Å². The van der Waals surface area contributed by atoms with Gasteiger partial charge in [-0.05, 0) is 44.0 Å². The molecule has 6 rings (SSSR count). The standard InChI is InChI=1S/C29H31N7O3S/c1-19-33-23(17-40-19)13-26(37)35-10-8-29(9-11-35)18-36(25-7-6-20(14-30-25)21-15-31-32-16-21)28(38)27(29)34-22-4-3-5-24(12-22)39-2/h3-7,12,14-17,27,34H,8-11,13,18H2,1-2H3,(H,31,32). The Morgan fingerprint density at radius 3 is 2.73 bits per heavy atom. The lowest BCUT2D eigenvalue weighted by Gasteiger charge is -2.42. The molecule has 2 aliphatic heterocycles. The van der Waals surface area contributed by atoms with Gasteiger partial charge in [0.15, 0.2) is 0 Å². The molecule has 40 heavy (non-hydrogen) atoms. The van der Waals surface area contributed by atoms with Gasteiger partial charge in [-0.25, -0.2) is 9.97 Å². The molecule has 2 fully saturated rings. The maximum atomic E-state index is 14.0. The molecule has 1 aromatic carbocycles. The van der Waals surface area contributed by atoms with E-state index in [1.54, 1.807) is 35.7 Å². The summed E-state index contributed by atoms with van der Waals surface area (Å²) in [6.45, 7) is 3.65. The van der Waals surface area contributed by atoms with E-state index in [1.807, 2.05) is 59.8 Å². The monoisotopic (exact) mass is 557 g/mol. The van der Waals surface area contributed by atoms with Gasteiger partial charge in [0.1, 0.15) is 17.6 Å². The predicted octanol–water partition coefficient (Wildman–Crippen LogP) is 3.92. The number of nitrogens with one attached hydrogen (secondary N) is 2. The van der Waals surface area contributed by atoms with Crippen molar-refractivity contribution < 1.29 is 14.3 Å². The van der Waals surface area contributed by atoms with E-state index in [9.17, 15) is 9.59 Å². The van der Waals surface area contributed by atoms with Gasteiger partial charge in [-0.15, -0.1) is 11.3 Å². The molecule has 0 aliphatic carbocycles. The van der Waals surface area contributed by atoms with Gasteiger partial charge in [-0.3, -0.25) is 19.6 Å². The molecule has 2 saturated heterocycles. The number of ether oxygens (including phenoxy) is 1. The molecule has 0 radical (unpaired) electrons. The van der Waals surface area contributed by atoms with Crippen LogP contribution in [-0.4, -0.2) is 69.7 Å². The molecular weight excluding hydrogens is 526 g/mol. The first-order chi connectivity index (χ1) is 19.4. The number of pyridine rings is 1. The lowest BCUT2D eigenvalue weighted by molar-refractivity contribution is -0.132. The zero-order chi connectivity index (χ0) is 27.7. The summed E-state index contributed by atoms with van der Waals surface area (Å²) in [6.07, 6.45) is 7.03. The molecule has 0 bridgehead atoms. The lowest BCUT2D eigenvalue weighted by atomic mass is 9.74. The Hall–Kier alpha value is -4.25. The molecule has 1 spiro atoms. The number of aryl methyl sites for hydroxylation is 1. The van der Waals surface area contributed by atoms with Gasteiger partial charge in [-0.1, -0.05) is 6.07 Å². The molecule has 2 amide bonds. The number of piperidine rings is 1. The second kappa shape index (κ2) is 10.7. The molecule has 1 atom stereocenters. The number of H-pyrrole nitrogens is 1. The van der Waals surface area contributed by atoms with Crippen molar-refractivity contribution in [2.75, 3.05) is 37.0 Å². The molecule has 10 nitrogen and oxygen atoms in total. The number of anilines is 2. The maximum absolute atomic E-state index is 14.0. The second-order valence-electron chi connectivity index (χ2n) is 10.4. The van der Waals surface area contributed by atoms with E-state index >= 15 is 0 Å². The summed E-state index contributed by atoms with van der Waals surface area (Å²) in [5.41, 5.74) is 3.13. The molecule has 3 aromatic heterocycles. The van der Waals surface area contributed by atoms with Crippen LogP contribution in [0.5, 0.6) is 5.75 Å². The van der Waals surface area contributed by atoms with Crippen molar-refractivity contribution in [2.24, 2.45) is 5.41 Å². The third-order valence-electron chi connectivity index (χ3n) is 7.95. The summed E-state index contributed by atoms with van der Waals surface area (Å²) in [7, 11) is 1.63. The predicted molar refractivity (Wildman–Crippen MR) is 153 cm³/mol. The molecule has 0 saturated carbocycles. The minimum absolute atomic E-state index is 0.0240. The smallest absolute Gasteiger partial charge is 0.251 e. The largest absolute Gasteiger partial charge is 0.497 e. The Morgan fingerprint density at radius 2 is 2.05 bits per heavy atom. The number of methoxy groups -OCH3 is 1. The number of amides is 2. The average molecular weight is 558 g/mol. The van der Waals surface area contributed by atoms with Crippen LogP contribution < -0.4 is 15.0 Å². The number of benzene rings is 1. The van der Waals surface area contributed by atoms with Gasteiger partial charge in [0.05, 0.1) is 30.4 Å². The number of carbonyl (C=O) groups is 2. The SMILES string of the molecule is COc1cccc(NC2C(=O)N(c3ccc(-c4cn[nH]c4)cn3)CC23CCN(C(=O)Cc2csc(C)n2)CC3)c1. The summed E-state index contributed by atoms with van der Waals surface area (Å²) in [5.74, 6) is 1.39. The van der Waals surface area contributed by atoms with E-state index in [0.717, 1.165) is 33.3 Å². The third-order valence-corrected chi connectivity index (χ3v) is 8.77. The number of thiazole rings is 1. The number of hydrogen-bond acceptors (Lipinski definition) is 8. The summed E-state index contributed by atoms with van der Waals surface area (Å²) < 4.78 is 5.41. The van der Waals surface area contributed by atoms with Gasteiger partial charge in [0.2, 0.25) is 5.91 Å². The first kappa shape index (κ1) is 26.0. The summed E-state index contributed by atoms with van der Waals surface area (Å²) in [4.78, 5) is 39.9. The number of hydrogen-bond donors (Lipinski definition) is 2. The lowest BCUT2D eigenvalue weighted by Crippen LogP contribution is -2.51. The Balaban J connectivity index is 1.24. The van der Waals surface area contributed by atoms with E-state index in [0.29, 0.717) is 44.7 Å². The van der Waals surface area contributed by atoms with Crippen molar-refractivity contribution >= 4 is 34.7 Å². The normalized spacial score (nSPS) is 18.4. The molecule has 11 heteroatoms. The third kappa shape index (κ3) is 5.04. The van der Waals surface area contributed by atoms with E-state index < -0.39 is 6.04 Å². The van der Waals surface area contributed by atoms with Crippen LogP contribution in [0.1, 0.15) is 23.5 Å². The fraction of sp³-hybridized carbons (Fsp3) is 0.345. The van der Waals surface area contributed by atoms with Crippen LogP contribution in [0.4, 0.5) is 11.5 Å². The van der Waals surface area contributed by atoms with Crippen molar-refractivity contribution in [3.63, 3.8) is 0 Å². The number of rotatable bonds is 7. The van der Waals surface area contributed by atoms with Crippen LogP contribution >= 0.6 is 11.3 Å². The number of nitrogens with zero attached hydrogens (tertiary/aromatic N) is 5. The summed E-state index contributed by atoms with van der Waals surface area (Å²) >= 11 is 1.56. The fourth-order valence-corrected chi connectivity index (χ4v) is 6.33. The molecule has 4 aromatic rings. The van der Waals surface area contributed by atoms with Gasteiger partial charge in [0.25, 0.3) is 5.91 Å². The van der Waals surface area contributed by atoms with Crippen molar-refractivity contribution in [3.05, 3.63) is 71.1 Å². The van der Waals surface area contributed by atoms with Crippen LogP contribution in [0.25, 0.3) is 11.1 Å². The van der Waals surface area contributed by atoms with Crippen LogP contribution in [-0.2, 0) is 16.0 Å². The number of aromatic amines is 1. The second-order valence-corrected chi connectivity index (χ2v) is 11.5. The Kier molecular flexibility index (Phi) is 6.97. The minimum atomic E-state index is -0.464. The first-order valence-electron chi connectivity index (χ1n) is 13.3. The highest BCUT2D eigenvalue weighted by molar-refractivity contribution is 7.09. The van der Waals surface area contributed by atoms with Crippen LogP contribution in [0.2, 0.25) is 0 Å². The molecule has 2 N–H and O–H groups in total. The zero-order valence-corrected chi connectivity index (χ0v) is 23.3. The van der Waals surface area contributed by atoms with Crippen molar-refractivity contribution in [1.82, 2.24) is 25.1 Å². The molecule has 5 heterocycles. The highest BCUT2D eigenvalue weighted by atomic mass is 32.1. The quantitative estimate of drug-likeness (QED) is 0.354. The van der Waals surface area contributed by atoms with Gasteiger partial charge < -0.3 is 15.0 Å². The fourth-order valence-electron chi connectivity index (χ4n) is 5.72. The molecule has 1 unspecified atom stereocenters. The van der Waals surface area contributed by atoms with E-state index in [2.05, 4.69) is 25.5 Å². The summed E-state index contributed by atoms with van der Waals surface area (Å²) in [5, 5.41) is 13.3. The van der Waals surface area contributed by atoms with Crippen molar-refractivity contribution in [1.29, 1.82) is 0 Å². The Bertz CT molecular complexity index is 1490. The van der Waals surface area contributed by atoms with E-state index in [4.69, 9.17) is 4.74 Å². The average Bonchev–Trinajstić information content (AvgIpc) is 3.72. The Labute approximate surface area is 236 Å². The number of likely N-dealkylation sites (tertiary alicyclic amines) is 1. The first-order valence-corrected chi connectivity index (χ1v) is 14.2. The van der Waals surface area contributed by atoms with Crippen LogP contribution in [0.15, 0.2) is 60.4 Å². The highest BCUT2D eigenvalue weighted by Gasteiger charge is 2.54. The van der Waals surface area contributed by atoms with Crippen LogP contribution in [0, 0.1) is 12.3 Å². The highest BCUT2D eigenvalue weighted by Crippen LogP contribution is 2.44. The van der Waals surface area contributed by atoms with E-state index in [1.165, 1.54) is 0 Å². The molecular formula is C29H31N7O3S. The van der Waals surface area contributed by atoms with Crippen molar-refractivity contribution in [2.45, 2.75) is 32.2 Å². The summed E-state index contributed by atoms with van der Waals surface area (Å²) in [6, 6.07) is 11.0. The molecule has 2 aliphatic rings. The number of carbonyl (C=O) groups excluding carboxylic acids is 2. The van der Waals surface area contributed by atoms with Crippen LogP contribution in [0.3, 0.4) is 0 Å². The maximum Gasteiger partial charge on any atom is 0.251 e. The number of aromatic nitrogens is 4. The Morgan fingerprint density at radius 1 is 1.20 bits per heavy atom. The van der Waals surface area contributed by atoms with Gasteiger partial charge >= 0.3 is 0 Å². The zero-order valence-electron chi connectivity index (χ0n) is 22.5. The topological polar surface area (TPSA) is 116 Å². The van der Waals surface area contributed by atoms with Gasteiger partial charge in [-0.2, -0.15) is 5.10 Å².